The molecule has 2 rings (SSSR count). The van der Waals surface area contributed by atoms with Gasteiger partial charge in [-0.1, -0.05) is 13.8 Å². The van der Waals surface area contributed by atoms with Crippen LogP contribution in [0.15, 0.2) is 24.3 Å². The summed E-state index contributed by atoms with van der Waals surface area (Å²) in [7, 11) is 1.96. The number of rotatable bonds is 4. The molecule has 1 aromatic carbocycles. The summed E-state index contributed by atoms with van der Waals surface area (Å²) in [4.78, 5) is 2.58. The van der Waals surface area contributed by atoms with Crippen LogP contribution in [0.4, 0.5) is 11.4 Å². The molecule has 2 nitrogen and oxygen atoms in total. The third kappa shape index (κ3) is 2.93. The van der Waals surface area contributed by atoms with E-state index in [0.717, 1.165) is 12.0 Å². The molecule has 94 valence electrons. The van der Waals surface area contributed by atoms with Crippen LogP contribution in [0.3, 0.4) is 0 Å². The first kappa shape index (κ1) is 12.3. The van der Waals surface area contributed by atoms with E-state index in [-0.39, 0.29) is 0 Å². The van der Waals surface area contributed by atoms with E-state index in [4.69, 9.17) is 0 Å². The van der Waals surface area contributed by atoms with Gasteiger partial charge in [0.15, 0.2) is 0 Å². The van der Waals surface area contributed by atoms with Gasteiger partial charge in [-0.05, 0) is 49.4 Å². The maximum absolute atomic E-state index is 3.17. The predicted molar refractivity (Wildman–Crippen MR) is 75.8 cm³/mol. The second-order valence-corrected chi connectivity index (χ2v) is 5.42. The summed E-state index contributed by atoms with van der Waals surface area (Å²) in [6.07, 6.45) is 4.00. The van der Waals surface area contributed by atoms with Crippen molar-refractivity contribution in [3.63, 3.8) is 0 Å². The summed E-state index contributed by atoms with van der Waals surface area (Å²) in [6.45, 7) is 5.86. The van der Waals surface area contributed by atoms with E-state index in [1.807, 2.05) is 7.05 Å². The first-order valence-corrected chi connectivity index (χ1v) is 6.75. The maximum Gasteiger partial charge on any atom is 0.0370 e. The first-order chi connectivity index (χ1) is 8.20. The molecule has 0 bridgehead atoms. The van der Waals surface area contributed by atoms with Gasteiger partial charge < -0.3 is 10.2 Å². The zero-order valence-corrected chi connectivity index (χ0v) is 11.2. The van der Waals surface area contributed by atoms with Crippen LogP contribution in [0.1, 0.15) is 33.1 Å². The minimum absolute atomic E-state index is 0.746. The van der Waals surface area contributed by atoms with Gasteiger partial charge in [0.2, 0.25) is 0 Å². The van der Waals surface area contributed by atoms with Gasteiger partial charge in [0.1, 0.15) is 0 Å². The smallest absolute Gasteiger partial charge is 0.0370 e. The highest BCUT2D eigenvalue weighted by molar-refractivity contribution is 5.55. The molecule has 1 unspecified atom stereocenters. The van der Waals surface area contributed by atoms with Crippen molar-refractivity contribution >= 4 is 11.4 Å². The summed E-state index contributed by atoms with van der Waals surface area (Å²) in [6, 6.07) is 9.56. The molecule has 17 heavy (non-hydrogen) atoms. The number of nitrogens with one attached hydrogen (secondary N) is 1. The Hall–Kier alpha value is -1.18. The second-order valence-electron chi connectivity index (χ2n) is 5.42. The van der Waals surface area contributed by atoms with Gasteiger partial charge in [-0.2, -0.15) is 0 Å². The minimum atomic E-state index is 0.746. The minimum Gasteiger partial charge on any atom is -0.388 e. The quantitative estimate of drug-likeness (QED) is 0.850. The fourth-order valence-corrected chi connectivity index (χ4v) is 2.78. The highest BCUT2D eigenvalue weighted by Crippen LogP contribution is 2.29. The topological polar surface area (TPSA) is 15.3 Å². The van der Waals surface area contributed by atoms with E-state index < -0.39 is 0 Å². The molecule has 1 saturated heterocycles. The fraction of sp³-hybridized carbons (Fsp3) is 0.600. The zero-order valence-electron chi connectivity index (χ0n) is 11.2. The van der Waals surface area contributed by atoms with Gasteiger partial charge in [-0.3, -0.25) is 0 Å². The van der Waals surface area contributed by atoms with E-state index >= 15 is 0 Å². The molecule has 1 aliphatic rings. The van der Waals surface area contributed by atoms with E-state index in [2.05, 4.69) is 48.3 Å². The molecule has 1 fully saturated rings. The normalized spacial score (nSPS) is 20.0. The Morgan fingerprint density at radius 3 is 2.59 bits per heavy atom. The van der Waals surface area contributed by atoms with Crippen LogP contribution in [-0.2, 0) is 0 Å². The van der Waals surface area contributed by atoms with Crippen LogP contribution < -0.4 is 10.2 Å². The van der Waals surface area contributed by atoms with Crippen LogP contribution in [0, 0.1) is 5.92 Å². The monoisotopic (exact) mass is 232 g/mol. The number of nitrogens with zero attached hydrogens (tertiary/aromatic N) is 1. The summed E-state index contributed by atoms with van der Waals surface area (Å²) in [5, 5.41) is 3.17. The highest BCUT2D eigenvalue weighted by Gasteiger charge is 2.25. The lowest BCUT2D eigenvalue weighted by molar-refractivity contribution is 0.494. The Kier molecular flexibility index (Phi) is 3.93. The largest absolute Gasteiger partial charge is 0.388 e. The standard InChI is InChI=1S/C15H24N2/c1-12(2)11-15-5-4-10-17(15)14-8-6-13(16-3)7-9-14/h6-9,12,15-16H,4-5,10-11H2,1-3H3. The average molecular weight is 232 g/mol. The fourth-order valence-electron chi connectivity index (χ4n) is 2.78. The molecular weight excluding hydrogens is 208 g/mol. The third-order valence-electron chi connectivity index (χ3n) is 3.61. The maximum atomic E-state index is 3.17. The molecule has 1 heterocycles. The Bertz CT molecular complexity index is 342. The predicted octanol–water partition coefficient (Wildman–Crippen LogP) is 3.74. The van der Waals surface area contributed by atoms with Crippen LogP contribution in [0.25, 0.3) is 0 Å². The van der Waals surface area contributed by atoms with E-state index in [1.54, 1.807) is 0 Å². The molecule has 0 saturated carbocycles. The van der Waals surface area contributed by atoms with Gasteiger partial charge >= 0.3 is 0 Å². The summed E-state index contributed by atoms with van der Waals surface area (Å²) < 4.78 is 0. The van der Waals surface area contributed by atoms with Gasteiger partial charge in [0.25, 0.3) is 0 Å². The van der Waals surface area contributed by atoms with Crippen LogP contribution in [0.2, 0.25) is 0 Å². The lowest BCUT2D eigenvalue weighted by atomic mass is 10.0. The number of anilines is 2. The van der Waals surface area contributed by atoms with Crippen LogP contribution in [0.5, 0.6) is 0 Å². The molecule has 0 radical (unpaired) electrons. The molecule has 0 aliphatic carbocycles. The molecule has 1 aromatic rings. The summed E-state index contributed by atoms with van der Waals surface area (Å²) in [5.74, 6) is 0.789. The summed E-state index contributed by atoms with van der Waals surface area (Å²) >= 11 is 0. The molecule has 0 aromatic heterocycles. The van der Waals surface area contributed by atoms with Crippen molar-refractivity contribution in [2.24, 2.45) is 5.92 Å². The molecule has 1 N–H and O–H groups in total. The van der Waals surface area contributed by atoms with Crippen molar-refractivity contribution in [1.29, 1.82) is 0 Å². The SMILES string of the molecule is CNc1ccc(N2CCCC2CC(C)C)cc1. The highest BCUT2D eigenvalue weighted by atomic mass is 15.2. The molecular formula is C15H24N2. The number of benzene rings is 1. The summed E-state index contributed by atoms with van der Waals surface area (Å²) in [5.41, 5.74) is 2.57. The van der Waals surface area contributed by atoms with Crippen molar-refractivity contribution in [3.05, 3.63) is 24.3 Å². The Morgan fingerprint density at radius 1 is 1.29 bits per heavy atom. The van der Waals surface area contributed by atoms with Crippen molar-refractivity contribution in [2.75, 3.05) is 23.8 Å². The van der Waals surface area contributed by atoms with Gasteiger partial charge in [0, 0.05) is 31.0 Å². The molecule has 0 amide bonds. The van der Waals surface area contributed by atoms with Crippen molar-refractivity contribution in [3.8, 4) is 0 Å². The van der Waals surface area contributed by atoms with E-state index in [9.17, 15) is 0 Å². The van der Waals surface area contributed by atoms with Crippen molar-refractivity contribution in [2.45, 2.75) is 39.2 Å². The second kappa shape index (κ2) is 5.44. The van der Waals surface area contributed by atoms with E-state index in [0.29, 0.717) is 0 Å². The van der Waals surface area contributed by atoms with Crippen LogP contribution in [-0.4, -0.2) is 19.6 Å². The number of hydrogen-bond donors (Lipinski definition) is 1. The molecule has 1 aliphatic heterocycles. The Balaban J connectivity index is 2.08. The Morgan fingerprint density at radius 2 is 2.00 bits per heavy atom. The van der Waals surface area contributed by atoms with Crippen molar-refractivity contribution < 1.29 is 0 Å². The molecule has 0 spiro atoms. The lowest BCUT2D eigenvalue weighted by Gasteiger charge is -2.28. The van der Waals surface area contributed by atoms with Gasteiger partial charge in [-0.15, -0.1) is 0 Å². The molecule has 2 heteroatoms. The average Bonchev–Trinajstić information content (AvgIpc) is 2.76. The molecule has 1 atom stereocenters. The van der Waals surface area contributed by atoms with Gasteiger partial charge in [0.05, 0.1) is 0 Å². The van der Waals surface area contributed by atoms with Gasteiger partial charge in [-0.25, -0.2) is 0 Å². The zero-order chi connectivity index (χ0) is 12.3. The first-order valence-electron chi connectivity index (χ1n) is 6.75. The third-order valence-corrected chi connectivity index (χ3v) is 3.61. The Labute approximate surface area is 105 Å². The lowest BCUT2D eigenvalue weighted by Crippen LogP contribution is -2.30. The number of hydrogen-bond acceptors (Lipinski definition) is 2. The van der Waals surface area contributed by atoms with Crippen molar-refractivity contribution in [1.82, 2.24) is 0 Å². The van der Waals surface area contributed by atoms with Crippen LogP contribution >= 0.6 is 0 Å². The van der Waals surface area contributed by atoms with E-state index in [1.165, 1.54) is 37.2 Å².